The molecular formula is C15H15ClN2OS. The standard InChI is InChI=1S/C15H15ClN2OS/c1-11-5-6-14(13(16)8-11)18-15(19)10-20-9-12-4-2-3-7-17-12/h2-8H,9-10H2,1H3,(H,18,19). The quantitative estimate of drug-likeness (QED) is 0.910. The van der Waals surface area contributed by atoms with E-state index >= 15 is 0 Å². The van der Waals surface area contributed by atoms with Gasteiger partial charge in [-0.3, -0.25) is 9.78 Å². The van der Waals surface area contributed by atoms with Gasteiger partial charge in [0.15, 0.2) is 0 Å². The normalized spacial score (nSPS) is 10.3. The van der Waals surface area contributed by atoms with Gasteiger partial charge in [0.05, 0.1) is 22.2 Å². The highest BCUT2D eigenvalue weighted by molar-refractivity contribution is 7.99. The van der Waals surface area contributed by atoms with E-state index in [1.54, 1.807) is 6.20 Å². The molecule has 3 nitrogen and oxygen atoms in total. The molecule has 2 rings (SSSR count). The van der Waals surface area contributed by atoms with Crippen molar-refractivity contribution in [2.75, 3.05) is 11.1 Å². The highest BCUT2D eigenvalue weighted by Crippen LogP contribution is 2.23. The molecule has 0 fully saturated rings. The maximum atomic E-state index is 11.8. The van der Waals surface area contributed by atoms with Gasteiger partial charge in [-0.1, -0.05) is 23.7 Å². The van der Waals surface area contributed by atoms with Gasteiger partial charge in [0, 0.05) is 11.9 Å². The summed E-state index contributed by atoms with van der Waals surface area (Å²) in [4.78, 5) is 16.0. The van der Waals surface area contributed by atoms with E-state index in [0.29, 0.717) is 16.5 Å². The third kappa shape index (κ3) is 4.54. The Bertz CT molecular complexity index is 590. The number of hydrogen-bond acceptors (Lipinski definition) is 3. The number of rotatable bonds is 5. The van der Waals surface area contributed by atoms with E-state index in [1.807, 2.05) is 43.3 Å². The second-order valence-electron chi connectivity index (χ2n) is 4.35. The number of nitrogens with zero attached hydrogens (tertiary/aromatic N) is 1. The van der Waals surface area contributed by atoms with Crippen molar-refractivity contribution in [3.63, 3.8) is 0 Å². The van der Waals surface area contributed by atoms with Gasteiger partial charge in [0.25, 0.3) is 0 Å². The molecule has 1 amide bonds. The first-order chi connectivity index (χ1) is 9.65. The van der Waals surface area contributed by atoms with Crippen LogP contribution in [0, 0.1) is 6.92 Å². The number of aryl methyl sites for hydroxylation is 1. The molecule has 0 saturated heterocycles. The zero-order valence-electron chi connectivity index (χ0n) is 11.1. The highest BCUT2D eigenvalue weighted by Gasteiger charge is 2.06. The maximum Gasteiger partial charge on any atom is 0.234 e. The number of aromatic nitrogens is 1. The molecule has 0 bridgehead atoms. The lowest BCUT2D eigenvalue weighted by Gasteiger charge is -2.07. The lowest BCUT2D eigenvalue weighted by atomic mass is 10.2. The molecule has 1 aromatic carbocycles. The van der Waals surface area contributed by atoms with Gasteiger partial charge in [-0.05, 0) is 36.8 Å². The number of halogens is 1. The van der Waals surface area contributed by atoms with Gasteiger partial charge in [0.1, 0.15) is 0 Å². The summed E-state index contributed by atoms with van der Waals surface area (Å²) in [6.07, 6.45) is 1.75. The lowest BCUT2D eigenvalue weighted by Crippen LogP contribution is -2.14. The Balaban J connectivity index is 1.81. The third-order valence-electron chi connectivity index (χ3n) is 2.61. The molecule has 0 saturated carbocycles. The van der Waals surface area contributed by atoms with E-state index in [1.165, 1.54) is 11.8 Å². The first kappa shape index (κ1) is 14.9. The predicted octanol–water partition coefficient (Wildman–Crippen LogP) is 3.92. The van der Waals surface area contributed by atoms with Gasteiger partial charge in [-0.25, -0.2) is 0 Å². The Morgan fingerprint density at radius 3 is 2.90 bits per heavy atom. The molecule has 0 aliphatic heterocycles. The average molecular weight is 307 g/mol. The minimum Gasteiger partial charge on any atom is -0.324 e. The fraction of sp³-hybridized carbons (Fsp3) is 0.200. The van der Waals surface area contributed by atoms with Crippen molar-refractivity contribution in [2.45, 2.75) is 12.7 Å². The van der Waals surface area contributed by atoms with E-state index in [2.05, 4.69) is 10.3 Å². The summed E-state index contributed by atoms with van der Waals surface area (Å²) >= 11 is 7.60. The van der Waals surface area contributed by atoms with Crippen molar-refractivity contribution in [2.24, 2.45) is 0 Å². The van der Waals surface area contributed by atoms with E-state index in [0.717, 1.165) is 17.0 Å². The van der Waals surface area contributed by atoms with Gasteiger partial charge in [0.2, 0.25) is 5.91 Å². The number of carbonyl (C=O) groups is 1. The summed E-state index contributed by atoms with van der Waals surface area (Å²) in [6, 6.07) is 11.3. The molecule has 1 heterocycles. The molecule has 0 aliphatic carbocycles. The number of benzene rings is 1. The van der Waals surface area contributed by atoms with Crippen LogP contribution in [0.3, 0.4) is 0 Å². The molecule has 0 aliphatic rings. The average Bonchev–Trinajstić information content (AvgIpc) is 2.43. The number of pyridine rings is 1. The SMILES string of the molecule is Cc1ccc(NC(=O)CSCc2ccccn2)c(Cl)c1. The molecule has 20 heavy (non-hydrogen) atoms. The minimum absolute atomic E-state index is 0.0586. The van der Waals surface area contributed by atoms with Crippen LogP contribution >= 0.6 is 23.4 Å². The van der Waals surface area contributed by atoms with E-state index in [9.17, 15) is 4.79 Å². The second-order valence-corrected chi connectivity index (χ2v) is 5.74. The Hall–Kier alpha value is -1.52. The maximum absolute atomic E-state index is 11.8. The van der Waals surface area contributed by atoms with Crippen molar-refractivity contribution in [3.8, 4) is 0 Å². The number of nitrogens with one attached hydrogen (secondary N) is 1. The van der Waals surface area contributed by atoms with Crippen molar-refractivity contribution >= 4 is 35.0 Å². The van der Waals surface area contributed by atoms with Crippen LogP contribution in [0.4, 0.5) is 5.69 Å². The van der Waals surface area contributed by atoms with Crippen LogP contribution < -0.4 is 5.32 Å². The number of anilines is 1. The van der Waals surface area contributed by atoms with E-state index < -0.39 is 0 Å². The van der Waals surface area contributed by atoms with Crippen molar-refractivity contribution in [3.05, 3.63) is 58.9 Å². The largest absolute Gasteiger partial charge is 0.324 e. The van der Waals surface area contributed by atoms with E-state index in [-0.39, 0.29) is 5.91 Å². The highest BCUT2D eigenvalue weighted by atomic mass is 35.5. The summed E-state index contributed by atoms with van der Waals surface area (Å²) in [5, 5.41) is 3.37. The predicted molar refractivity (Wildman–Crippen MR) is 85.2 cm³/mol. The van der Waals surface area contributed by atoms with Gasteiger partial charge in [-0.15, -0.1) is 11.8 Å². The fourth-order valence-corrected chi connectivity index (χ4v) is 2.66. The number of thioether (sulfide) groups is 1. The van der Waals surface area contributed by atoms with E-state index in [4.69, 9.17) is 11.6 Å². The Kier molecular flexibility index (Phi) is 5.44. The van der Waals surface area contributed by atoms with Crippen LogP contribution in [0.1, 0.15) is 11.3 Å². The van der Waals surface area contributed by atoms with Gasteiger partial charge >= 0.3 is 0 Å². The lowest BCUT2D eigenvalue weighted by molar-refractivity contribution is -0.113. The summed E-state index contributed by atoms with van der Waals surface area (Å²) in [6.45, 7) is 1.96. The zero-order chi connectivity index (χ0) is 14.4. The monoisotopic (exact) mass is 306 g/mol. The summed E-state index contributed by atoms with van der Waals surface area (Å²) in [5.41, 5.74) is 2.69. The molecule has 1 aromatic heterocycles. The fourth-order valence-electron chi connectivity index (χ4n) is 1.64. The van der Waals surface area contributed by atoms with Crippen LogP contribution in [0.15, 0.2) is 42.6 Å². The summed E-state index contributed by atoms with van der Waals surface area (Å²) in [5.74, 6) is 1.04. The third-order valence-corrected chi connectivity index (χ3v) is 3.89. The molecule has 5 heteroatoms. The molecule has 0 unspecified atom stereocenters. The Labute approximate surface area is 127 Å². The number of amides is 1. The molecular weight excluding hydrogens is 292 g/mol. The molecule has 2 aromatic rings. The van der Waals surface area contributed by atoms with Crippen molar-refractivity contribution in [1.82, 2.24) is 4.98 Å². The molecule has 0 atom stereocenters. The number of hydrogen-bond donors (Lipinski definition) is 1. The summed E-state index contributed by atoms with van der Waals surface area (Å²) < 4.78 is 0. The molecule has 1 N–H and O–H groups in total. The topological polar surface area (TPSA) is 42.0 Å². The van der Waals surface area contributed by atoms with Gasteiger partial charge < -0.3 is 5.32 Å². The molecule has 0 spiro atoms. The van der Waals surface area contributed by atoms with Crippen LogP contribution in [-0.2, 0) is 10.5 Å². The second kappa shape index (κ2) is 7.31. The number of carbonyl (C=O) groups excluding carboxylic acids is 1. The van der Waals surface area contributed by atoms with Gasteiger partial charge in [-0.2, -0.15) is 0 Å². The minimum atomic E-state index is -0.0586. The first-order valence-corrected chi connectivity index (χ1v) is 7.72. The first-order valence-electron chi connectivity index (χ1n) is 6.19. The molecule has 104 valence electrons. The van der Waals surface area contributed by atoms with Crippen LogP contribution in [0.25, 0.3) is 0 Å². The Morgan fingerprint density at radius 2 is 2.20 bits per heavy atom. The van der Waals surface area contributed by atoms with Crippen LogP contribution in [0.5, 0.6) is 0 Å². The van der Waals surface area contributed by atoms with Crippen molar-refractivity contribution < 1.29 is 4.79 Å². The zero-order valence-corrected chi connectivity index (χ0v) is 12.7. The molecule has 0 radical (unpaired) electrons. The summed E-state index contributed by atoms with van der Waals surface area (Å²) in [7, 11) is 0. The smallest absolute Gasteiger partial charge is 0.234 e. The Morgan fingerprint density at radius 1 is 1.35 bits per heavy atom. The van der Waals surface area contributed by atoms with Crippen LogP contribution in [0.2, 0.25) is 5.02 Å². The van der Waals surface area contributed by atoms with Crippen LogP contribution in [-0.4, -0.2) is 16.6 Å². The van der Waals surface area contributed by atoms with Crippen molar-refractivity contribution in [1.29, 1.82) is 0 Å².